The van der Waals surface area contributed by atoms with Crippen molar-refractivity contribution in [3.63, 3.8) is 0 Å². The third-order valence-electron chi connectivity index (χ3n) is 7.63. The fraction of sp³-hybridized carbons (Fsp3) is 0.281. The largest absolute Gasteiger partial charge is 0.362 e. The molecule has 39 heavy (non-hydrogen) atoms. The first-order chi connectivity index (χ1) is 19.0. The minimum atomic E-state index is 0.00269. The van der Waals surface area contributed by atoms with Crippen molar-refractivity contribution in [3.8, 4) is 0 Å². The van der Waals surface area contributed by atoms with E-state index in [1.165, 1.54) is 5.56 Å². The van der Waals surface area contributed by atoms with Crippen molar-refractivity contribution in [1.82, 2.24) is 19.9 Å². The normalized spacial score (nSPS) is 17.3. The van der Waals surface area contributed by atoms with E-state index in [2.05, 4.69) is 39.5 Å². The first kappa shape index (κ1) is 24.9. The van der Waals surface area contributed by atoms with E-state index in [0.717, 1.165) is 65.4 Å². The molecule has 0 saturated heterocycles. The van der Waals surface area contributed by atoms with E-state index in [1.54, 1.807) is 0 Å². The highest BCUT2D eigenvalue weighted by Crippen LogP contribution is 2.27. The van der Waals surface area contributed by atoms with Gasteiger partial charge in [-0.3, -0.25) is 4.79 Å². The van der Waals surface area contributed by atoms with Crippen LogP contribution in [0.3, 0.4) is 0 Å². The Balaban J connectivity index is 1.11. The summed E-state index contributed by atoms with van der Waals surface area (Å²) < 4.78 is 2.17. The number of carbonyl (C=O) groups excluding carboxylic acids is 1. The van der Waals surface area contributed by atoms with Crippen molar-refractivity contribution in [2.75, 3.05) is 24.3 Å². The van der Waals surface area contributed by atoms with E-state index in [1.807, 2.05) is 79.8 Å². The summed E-state index contributed by atoms with van der Waals surface area (Å²) in [5, 5.41) is 8.92. The summed E-state index contributed by atoms with van der Waals surface area (Å²) in [5.41, 5.74) is 3.96. The molecule has 2 aromatic heterocycles. The van der Waals surface area contributed by atoms with Crippen molar-refractivity contribution in [1.29, 1.82) is 0 Å². The zero-order valence-corrected chi connectivity index (χ0v) is 22.5. The van der Waals surface area contributed by atoms with E-state index in [0.29, 0.717) is 5.95 Å². The second-order valence-electron chi connectivity index (χ2n) is 10.6. The zero-order valence-electron chi connectivity index (χ0n) is 22.5. The van der Waals surface area contributed by atoms with Crippen LogP contribution < -0.4 is 15.5 Å². The summed E-state index contributed by atoms with van der Waals surface area (Å²) in [5.74, 6) is 1.58. The van der Waals surface area contributed by atoms with Gasteiger partial charge < -0.3 is 20.1 Å². The highest BCUT2D eigenvalue weighted by molar-refractivity contribution is 6.07. The number of nitrogens with one attached hydrogen (secondary N) is 2. The Morgan fingerprint density at radius 1 is 0.846 bits per heavy atom. The molecule has 1 amide bonds. The molecule has 2 heterocycles. The van der Waals surface area contributed by atoms with Gasteiger partial charge in [0.1, 0.15) is 5.82 Å². The highest BCUT2D eigenvalue weighted by Gasteiger charge is 2.25. The molecule has 3 aromatic carbocycles. The van der Waals surface area contributed by atoms with Gasteiger partial charge in [0.25, 0.3) is 5.91 Å². The number of amides is 1. The molecule has 7 heteroatoms. The number of benzene rings is 3. The number of para-hydroxylation sites is 2. The Labute approximate surface area is 228 Å². The van der Waals surface area contributed by atoms with E-state index in [9.17, 15) is 4.79 Å². The smallest absolute Gasteiger partial charge is 0.253 e. The molecule has 0 bridgehead atoms. The van der Waals surface area contributed by atoms with Crippen molar-refractivity contribution >= 4 is 39.5 Å². The number of hydrogen-bond acceptors (Lipinski definition) is 5. The molecule has 7 nitrogen and oxygen atoms in total. The number of rotatable bonds is 7. The highest BCUT2D eigenvalue weighted by atomic mass is 16.1. The Morgan fingerprint density at radius 2 is 1.51 bits per heavy atom. The fourth-order valence-corrected chi connectivity index (χ4v) is 5.63. The molecule has 1 aliphatic rings. The number of hydrogen-bond donors (Lipinski definition) is 2. The lowest BCUT2D eigenvalue weighted by molar-refractivity contribution is 0.0928. The minimum Gasteiger partial charge on any atom is -0.362 e. The Kier molecular flexibility index (Phi) is 6.88. The average molecular weight is 519 g/mol. The monoisotopic (exact) mass is 518 g/mol. The molecular formula is C32H34N6O. The molecule has 0 spiro atoms. The number of aromatic nitrogens is 3. The molecule has 0 aliphatic heterocycles. The lowest BCUT2D eigenvalue weighted by Gasteiger charge is -2.30. The van der Waals surface area contributed by atoms with Gasteiger partial charge in [0, 0.05) is 55.2 Å². The molecule has 0 unspecified atom stereocenters. The number of anilines is 2. The first-order valence-corrected chi connectivity index (χ1v) is 13.7. The maximum Gasteiger partial charge on any atom is 0.253 e. The van der Waals surface area contributed by atoms with E-state index in [4.69, 9.17) is 9.97 Å². The van der Waals surface area contributed by atoms with Crippen LogP contribution >= 0.6 is 0 Å². The molecule has 0 radical (unpaired) electrons. The minimum absolute atomic E-state index is 0.00269. The van der Waals surface area contributed by atoms with Crippen LogP contribution in [0.5, 0.6) is 0 Å². The Morgan fingerprint density at radius 3 is 2.28 bits per heavy atom. The van der Waals surface area contributed by atoms with Crippen LogP contribution in [0.15, 0.2) is 85.1 Å². The van der Waals surface area contributed by atoms with Crippen molar-refractivity contribution in [2.24, 2.45) is 0 Å². The second-order valence-corrected chi connectivity index (χ2v) is 10.6. The summed E-state index contributed by atoms with van der Waals surface area (Å²) in [6.07, 6.45) is 5.74. The van der Waals surface area contributed by atoms with Crippen molar-refractivity contribution < 1.29 is 4.79 Å². The quantitative estimate of drug-likeness (QED) is 0.283. The number of carbonyl (C=O) groups is 1. The van der Waals surface area contributed by atoms with Crippen LogP contribution in [0.4, 0.5) is 11.8 Å². The third kappa shape index (κ3) is 5.30. The van der Waals surface area contributed by atoms with Gasteiger partial charge >= 0.3 is 0 Å². The van der Waals surface area contributed by atoms with E-state index >= 15 is 0 Å². The summed E-state index contributed by atoms with van der Waals surface area (Å²) in [4.78, 5) is 25.0. The second kappa shape index (κ2) is 10.8. The molecule has 6 rings (SSSR count). The van der Waals surface area contributed by atoms with Gasteiger partial charge in [-0.25, -0.2) is 4.98 Å². The summed E-state index contributed by atoms with van der Waals surface area (Å²) in [6, 6.07) is 27.0. The van der Waals surface area contributed by atoms with Crippen LogP contribution in [0.2, 0.25) is 0 Å². The lowest BCUT2D eigenvalue weighted by atomic mass is 9.91. The molecule has 198 valence electrons. The van der Waals surface area contributed by atoms with Gasteiger partial charge in [-0.05, 0) is 49.4 Å². The van der Waals surface area contributed by atoms with Gasteiger partial charge in [0.15, 0.2) is 0 Å². The van der Waals surface area contributed by atoms with Crippen LogP contribution in [0, 0.1) is 0 Å². The van der Waals surface area contributed by atoms with Gasteiger partial charge in [0.2, 0.25) is 5.95 Å². The fourth-order valence-electron chi connectivity index (χ4n) is 5.63. The topological polar surface area (TPSA) is 75.1 Å². The zero-order chi connectivity index (χ0) is 26.8. The van der Waals surface area contributed by atoms with Gasteiger partial charge in [-0.2, -0.15) is 4.98 Å². The van der Waals surface area contributed by atoms with Crippen molar-refractivity contribution in [2.45, 2.75) is 44.3 Å². The molecule has 2 N–H and O–H groups in total. The summed E-state index contributed by atoms with van der Waals surface area (Å²) in [6.45, 7) is 0.734. The number of nitrogens with zero attached hydrogens (tertiary/aromatic N) is 4. The van der Waals surface area contributed by atoms with Gasteiger partial charge in [-0.1, -0.05) is 60.7 Å². The predicted molar refractivity (Wildman–Crippen MR) is 158 cm³/mol. The van der Waals surface area contributed by atoms with Crippen LogP contribution in [0.1, 0.15) is 41.6 Å². The molecule has 1 aliphatic carbocycles. The molecule has 1 saturated carbocycles. The summed E-state index contributed by atoms with van der Waals surface area (Å²) in [7, 11) is 4.01. The lowest BCUT2D eigenvalue weighted by Crippen LogP contribution is -2.40. The van der Waals surface area contributed by atoms with Crippen molar-refractivity contribution in [3.05, 3.63) is 96.2 Å². The average Bonchev–Trinajstić information content (AvgIpc) is 3.32. The molecular weight excluding hydrogens is 484 g/mol. The molecule has 5 aromatic rings. The van der Waals surface area contributed by atoms with E-state index < -0.39 is 0 Å². The summed E-state index contributed by atoms with van der Waals surface area (Å²) >= 11 is 0. The number of fused-ring (bicyclic) bond motifs is 2. The molecule has 1 fully saturated rings. The standard InChI is InChI=1S/C32H34N6O/c1-37(2)30-26-13-6-8-14-28(26)35-32(36-30)34-24-18-16-23(17-19-24)33-31(39)27-21-38(20-22-10-4-3-5-11-22)29-15-9-7-12-25(27)29/h3-15,21,23-24H,16-20H2,1-2H3,(H,33,39)(H,34,35,36)/t23-,24+. The predicted octanol–water partition coefficient (Wildman–Crippen LogP) is 5.85. The van der Waals surface area contributed by atoms with Gasteiger partial charge in [0.05, 0.1) is 11.1 Å². The maximum atomic E-state index is 13.4. The van der Waals surface area contributed by atoms with Gasteiger partial charge in [-0.15, -0.1) is 0 Å². The Bertz CT molecular complexity index is 1600. The van der Waals surface area contributed by atoms with E-state index in [-0.39, 0.29) is 18.0 Å². The van der Waals surface area contributed by atoms with Crippen LogP contribution in [0.25, 0.3) is 21.8 Å². The Hall–Kier alpha value is -4.39. The van der Waals surface area contributed by atoms with Crippen LogP contribution in [-0.4, -0.2) is 46.6 Å². The van der Waals surface area contributed by atoms with Crippen LogP contribution in [-0.2, 0) is 6.54 Å². The SMILES string of the molecule is CN(C)c1nc(N[C@H]2CC[C@@H](NC(=O)c3cn(Cc4ccccc4)c4ccccc34)CC2)nc2ccccc12. The third-order valence-corrected chi connectivity index (χ3v) is 7.63. The first-order valence-electron chi connectivity index (χ1n) is 13.7. The maximum absolute atomic E-state index is 13.4. The molecule has 0 atom stereocenters.